The van der Waals surface area contributed by atoms with Crippen molar-refractivity contribution in [3.8, 4) is 16.9 Å². The molecule has 2 heterocycles. The summed E-state index contributed by atoms with van der Waals surface area (Å²) in [4.78, 5) is 4.90. The molecule has 3 heteroatoms. The van der Waals surface area contributed by atoms with Gasteiger partial charge in [0, 0.05) is 17.0 Å². The Morgan fingerprint density at radius 1 is 0.545 bits per heavy atom. The van der Waals surface area contributed by atoms with E-state index in [1.165, 1.54) is 48.5 Å². The molecule has 0 amide bonds. The van der Waals surface area contributed by atoms with Gasteiger partial charge < -0.3 is 0 Å². The Labute approximate surface area is 259 Å². The van der Waals surface area contributed by atoms with Crippen LogP contribution in [-0.4, -0.2) is 17.6 Å². The highest BCUT2D eigenvalue weighted by molar-refractivity contribution is 7.12. The van der Waals surface area contributed by atoms with Crippen molar-refractivity contribution in [2.75, 3.05) is 0 Å². The van der Waals surface area contributed by atoms with Gasteiger partial charge in [0.2, 0.25) is 0 Å². The molecule has 2 nitrogen and oxygen atoms in total. The third kappa shape index (κ3) is 4.28. The lowest BCUT2D eigenvalue weighted by atomic mass is 10.1. The molecule has 0 spiro atoms. The standard InChI is InChI=1S/C41H32N2Si/c1-4-16-33(17-5-1)44(34-18-6-2-7-19-34,35-20-8-3-9-21-35)36-22-14-15-31(29-36)32-27-28-42-41(30-32)43-39-25-12-10-23-37(39)38-24-11-13-26-40(38)43/h1-20,22-30,35H,21H2. The smallest absolute Gasteiger partial charge is 0.155 e. The molecule has 0 fully saturated rings. The molecule has 5 aromatic carbocycles. The Morgan fingerprint density at radius 3 is 1.77 bits per heavy atom. The van der Waals surface area contributed by atoms with Crippen LogP contribution in [0, 0.1) is 0 Å². The first-order chi connectivity index (χ1) is 21.8. The number of aromatic nitrogens is 2. The summed E-state index contributed by atoms with van der Waals surface area (Å²) in [7, 11) is -2.49. The zero-order valence-corrected chi connectivity index (χ0v) is 25.4. The highest BCUT2D eigenvalue weighted by Gasteiger charge is 2.45. The van der Waals surface area contributed by atoms with Crippen LogP contribution in [0.2, 0.25) is 5.54 Å². The zero-order valence-electron chi connectivity index (χ0n) is 24.4. The predicted molar refractivity (Wildman–Crippen MR) is 188 cm³/mol. The summed E-state index contributed by atoms with van der Waals surface area (Å²) in [6.45, 7) is 0. The van der Waals surface area contributed by atoms with Crippen molar-refractivity contribution in [3.05, 3.63) is 176 Å². The van der Waals surface area contributed by atoms with Crippen LogP contribution >= 0.6 is 0 Å². The highest BCUT2D eigenvalue weighted by Crippen LogP contribution is 2.34. The first kappa shape index (κ1) is 26.4. The molecule has 8 rings (SSSR count). The van der Waals surface area contributed by atoms with E-state index < -0.39 is 8.07 Å². The molecule has 1 aliphatic carbocycles. The van der Waals surface area contributed by atoms with Crippen molar-refractivity contribution < 1.29 is 0 Å². The summed E-state index contributed by atoms with van der Waals surface area (Å²) in [5.74, 6) is 0.931. The lowest BCUT2D eigenvalue weighted by molar-refractivity contribution is 0.997. The number of para-hydroxylation sites is 2. The molecule has 1 atom stereocenters. The molecule has 0 saturated heterocycles. The van der Waals surface area contributed by atoms with Crippen LogP contribution in [-0.2, 0) is 0 Å². The molecular formula is C41H32N2Si. The minimum absolute atomic E-state index is 0.401. The van der Waals surface area contributed by atoms with Crippen LogP contribution in [0.15, 0.2) is 176 Å². The molecule has 210 valence electrons. The Balaban J connectivity index is 1.33. The van der Waals surface area contributed by atoms with Crippen molar-refractivity contribution >= 4 is 45.4 Å². The van der Waals surface area contributed by atoms with Crippen molar-refractivity contribution in [2.45, 2.75) is 12.0 Å². The van der Waals surface area contributed by atoms with Gasteiger partial charge in [-0.1, -0.05) is 146 Å². The summed E-state index contributed by atoms with van der Waals surface area (Å²) >= 11 is 0. The first-order valence-corrected chi connectivity index (χ1v) is 17.4. The van der Waals surface area contributed by atoms with E-state index in [-0.39, 0.29) is 0 Å². The number of allylic oxidation sites excluding steroid dienone is 4. The SMILES string of the molecule is C1=CCC([Si](c2ccccc2)(c2ccccc2)c2cccc(-c3ccnc(-n4c5ccccc5c5ccccc54)c3)c2)C=C1. The summed E-state index contributed by atoms with van der Waals surface area (Å²) in [6.07, 6.45) is 12.2. The number of fused-ring (bicyclic) bond motifs is 3. The van der Waals surface area contributed by atoms with Gasteiger partial charge in [0.1, 0.15) is 5.82 Å². The van der Waals surface area contributed by atoms with E-state index >= 15 is 0 Å². The van der Waals surface area contributed by atoms with Crippen LogP contribution in [0.25, 0.3) is 38.8 Å². The first-order valence-electron chi connectivity index (χ1n) is 15.3. The number of hydrogen-bond acceptors (Lipinski definition) is 1. The maximum Gasteiger partial charge on any atom is 0.155 e. The largest absolute Gasteiger partial charge is 0.294 e. The number of rotatable bonds is 6. The van der Waals surface area contributed by atoms with Crippen LogP contribution in [0.3, 0.4) is 0 Å². The van der Waals surface area contributed by atoms with Gasteiger partial charge in [-0.25, -0.2) is 4.98 Å². The van der Waals surface area contributed by atoms with Crippen LogP contribution in [0.5, 0.6) is 0 Å². The monoisotopic (exact) mass is 580 g/mol. The molecule has 0 saturated carbocycles. The molecule has 0 bridgehead atoms. The van der Waals surface area contributed by atoms with E-state index in [1.54, 1.807) is 0 Å². The van der Waals surface area contributed by atoms with Crippen LogP contribution < -0.4 is 15.6 Å². The molecule has 0 N–H and O–H groups in total. The summed E-state index contributed by atoms with van der Waals surface area (Å²) in [5.41, 5.74) is 5.12. The van der Waals surface area contributed by atoms with Gasteiger partial charge in [-0.15, -0.1) is 0 Å². The lowest BCUT2D eigenvalue weighted by Crippen LogP contribution is -2.69. The minimum Gasteiger partial charge on any atom is -0.294 e. The normalized spacial score (nSPS) is 14.8. The maximum atomic E-state index is 4.90. The number of hydrogen-bond donors (Lipinski definition) is 0. The summed E-state index contributed by atoms with van der Waals surface area (Å²) in [5, 5.41) is 6.79. The van der Waals surface area contributed by atoms with Crippen LogP contribution in [0.1, 0.15) is 6.42 Å². The molecule has 2 aromatic heterocycles. The van der Waals surface area contributed by atoms with Gasteiger partial charge in [-0.2, -0.15) is 0 Å². The number of pyridine rings is 1. The van der Waals surface area contributed by atoms with Gasteiger partial charge in [-0.3, -0.25) is 4.57 Å². The van der Waals surface area contributed by atoms with Crippen molar-refractivity contribution in [1.82, 2.24) is 9.55 Å². The molecule has 1 unspecified atom stereocenters. The van der Waals surface area contributed by atoms with E-state index in [4.69, 9.17) is 4.98 Å². The minimum atomic E-state index is -2.49. The van der Waals surface area contributed by atoms with E-state index in [9.17, 15) is 0 Å². The molecule has 0 aliphatic heterocycles. The van der Waals surface area contributed by atoms with Gasteiger partial charge in [-0.05, 0) is 62.9 Å². The molecule has 1 aliphatic rings. The fourth-order valence-electron chi connectivity index (χ4n) is 7.28. The number of benzene rings is 5. The summed E-state index contributed by atoms with van der Waals surface area (Å²) in [6, 6.07) is 53.4. The maximum absolute atomic E-state index is 4.90. The molecule has 44 heavy (non-hydrogen) atoms. The second kappa shape index (κ2) is 11.1. The quantitative estimate of drug-likeness (QED) is 0.143. The van der Waals surface area contributed by atoms with E-state index in [0.717, 1.165) is 12.2 Å². The Bertz CT molecular complexity index is 2070. The predicted octanol–water partition coefficient (Wildman–Crippen LogP) is 8.20. The fourth-order valence-corrected chi connectivity index (χ4v) is 12.6. The van der Waals surface area contributed by atoms with Gasteiger partial charge in [0.15, 0.2) is 8.07 Å². The van der Waals surface area contributed by atoms with Crippen LogP contribution in [0.4, 0.5) is 0 Å². The molecule has 7 aromatic rings. The Hall–Kier alpha value is -5.25. The van der Waals surface area contributed by atoms with Gasteiger partial charge in [0.05, 0.1) is 11.0 Å². The fraction of sp³-hybridized carbons (Fsp3) is 0.0488. The third-order valence-electron chi connectivity index (χ3n) is 9.20. The van der Waals surface area contributed by atoms with Gasteiger partial charge in [0.25, 0.3) is 0 Å². The van der Waals surface area contributed by atoms with Crippen molar-refractivity contribution in [2.24, 2.45) is 0 Å². The molecular weight excluding hydrogens is 549 g/mol. The summed E-state index contributed by atoms with van der Waals surface area (Å²) < 4.78 is 2.30. The van der Waals surface area contributed by atoms with E-state index in [0.29, 0.717) is 5.54 Å². The average Bonchev–Trinajstić information content (AvgIpc) is 3.45. The highest BCUT2D eigenvalue weighted by atomic mass is 28.3. The van der Waals surface area contributed by atoms with E-state index in [1.807, 2.05) is 6.20 Å². The zero-order chi connectivity index (χ0) is 29.3. The Morgan fingerprint density at radius 2 is 1.14 bits per heavy atom. The average molecular weight is 581 g/mol. The van der Waals surface area contributed by atoms with Gasteiger partial charge >= 0.3 is 0 Å². The topological polar surface area (TPSA) is 17.8 Å². The third-order valence-corrected chi connectivity index (χ3v) is 14.5. The molecule has 0 radical (unpaired) electrons. The second-order valence-electron chi connectivity index (χ2n) is 11.5. The van der Waals surface area contributed by atoms with E-state index in [2.05, 4.69) is 174 Å². The lowest BCUT2D eigenvalue weighted by Gasteiger charge is -2.40. The Kier molecular flexibility index (Phi) is 6.66. The van der Waals surface area contributed by atoms with Crippen molar-refractivity contribution in [3.63, 3.8) is 0 Å². The van der Waals surface area contributed by atoms with Crippen molar-refractivity contribution in [1.29, 1.82) is 0 Å². The second-order valence-corrected chi connectivity index (χ2v) is 15.6. The number of nitrogens with zero attached hydrogens (tertiary/aromatic N) is 2.